The number of anilines is 1. The summed E-state index contributed by atoms with van der Waals surface area (Å²) in [5.74, 6) is 1.29. The van der Waals surface area contributed by atoms with Crippen molar-refractivity contribution in [3.63, 3.8) is 0 Å². The number of fused-ring (bicyclic) bond motifs is 1. The number of benzene rings is 3. The van der Waals surface area contributed by atoms with E-state index in [1.807, 2.05) is 72.5 Å². The van der Waals surface area contributed by atoms with Crippen molar-refractivity contribution in [3.8, 4) is 11.5 Å². The molecule has 0 saturated heterocycles. The van der Waals surface area contributed by atoms with Crippen LogP contribution >= 0.6 is 0 Å². The number of hydrogen-bond donors (Lipinski definition) is 1. The zero-order chi connectivity index (χ0) is 22.5. The Morgan fingerprint density at radius 1 is 1.03 bits per heavy atom. The largest absolute Gasteiger partial charge is 0.493 e. The van der Waals surface area contributed by atoms with Crippen LogP contribution < -0.4 is 14.8 Å². The van der Waals surface area contributed by atoms with Crippen LogP contribution in [-0.2, 0) is 6.42 Å². The van der Waals surface area contributed by atoms with Crippen molar-refractivity contribution >= 4 is 11.6 Å². The SMILES string of the molecule is C=C(C)COc1ccc(C2Nc3ccccc3C(=O)N2CCc2ccccc2)cc1OC. The fourth-order valence-electron chi connectivity index (χ4n) is 3.86. The lowest BCUT2D eigenvalue weighted by Gasteiger charge is -2.38. The van der Waals surface area contributed by atoms with Crippen molar-refractivity contribution in [2.45, 2.75) is 19.5 Å². The summed E-state index contributed by atoms with van der Waals surface area (Å²) in [6, 6.07) is 23.6. The number of hydrogen-bond acceptors (Lipinski definition) is 4. The number of carbonyl (C=O) groups excluding carboxylic acids is 1. The highest BCUT2D eigenvalue weighted by Crippen LogP contribution is 2.37. The van der Waals surface area contributed by atoms with E-state index in [0.717, 1.165) is 23.2 Å². The molecule has 1 heterocycles. The third kappa shape index (κ3) is 4.62. The number of methoxy groups -OCH3 is 1. The fourth-order valence-corrected chi connectivity index (χ4v) is 3.86. The monoisotopic (exact) mass is 428 g/mol. The third-order valence-corrected chi connectivity index (χ3v) is 5.48. The van der Waals surface area contributed by atoms with Crippen LogP contribution in [0.5, 0.6) is 11.5 Å². The molecule has 1 aliphatic rings. The lowest BCUT2D eigenvalue weighted by molar-refractivity contribution is 0.0685. The van der Waals surface area contributed by atoms with Crippen LogP contribution in [0.1, 0.15) is 34.6 Å². The number of nitrogens with one attached hydrogen (secondary N) is 1. The molecule has 0 aromatic heterocycles. The van der Waals surface area contributed by atoms with Crippen molar-refractivity contribution in [1.29, 1.82) is 0 Å². The van der Waals surface area contributed by atoms with Crippen molar-refractivity contribution in [3.05, 3.63) is 102 Å². The van der Waals surface area contributed by atoms with E-state index >= 15 is 0 Å². The van der Waals surface area contributed by atoms with E-state index in [4.69, 9.17) is 9.47 Å². The number of ether oxygens (including phenoxy) is 2. The summed E-state index contributed by atoms with van der Waals surface area (Å²) < 4.78 is 11.4. The van der Waals surface area contributed by atoms with Gasteiger partial charge >= 0.3 is 0 Å². The van der Waals surface area contributed by atoms with Crippen molar-refractivity contribution in [1.82, 2.24) is 4.90 Å². The van der Waals surface area contributed by atoms with E-state index in [-0.39, 0.29) is 12.1 Å². The van der Waals surface area contributed by atoms with E-state index in [0.29, 0.717) is 30.2 Å². The molecule has 5 heteroatoms. The van der Waals surface area contributed by atoms with E-state index in [2.05, 4.69) is 24.0 Å². The molecule has 1 atom stereocenters. The van der Waals surface area contributed by atoms with Crippen LogP contribution in [0, 0.1) is 0 Å². The first-order chi connectivity index (χ1) is 15.6. The highest BCUT2D eigenvalue weighted by Gasteiger charge is 2.33. The van der Waals surface area contributed by atoms with Gasteiger partial charge in [0, 0.05) is 12.2 Å². The van der Waals surface area contributed by atoms with Crippen molar-refractivity contribution < 1.29 is 14.3 Å². The van der Waals surface area contributed by atoms with Gasteiger partial charge in [-0.1, -0.05) is 55.1 Å². The molecule has 164 valence electrons. The molecular weight excluding hydrogens is 400 g/mol. The summed E-state index contributed by atoms with van der Waals surface area (Å²) in [5, 5.41) is 3.55. The smallest absolute Gasteiger partial charge is 0.257 e. The molecule has 3 aromatic carbocycles. The summed E-state index contributed by atoms with van der Waals surface area (Å²) in [4.78, 5) is 15.3. The Balaban J connectivity index is 1.66. The molecule has 1 amide bonds. The van der Waals surface area contributed by atoms with Crippen molar-refractivity contribution in [2.75, 3.05) is 25.6 Å². The second-order valence-electron chi connectivity index (χ2n) is 7.98. The first-order valence-corrected chi connectivity index (χ1v) is 10.7. The number of nitrogens with zero attached hydrogens (tertiary/aromatic N) is 1. The summed E-state index contributed by atoms with van der Waals surface area (Å²) in [6.45, 7) is 6.81. The lowest BCUT2D eigenvalue weighted by atomic mass is 10.0. The van der Waals surface area contributed by atoms with Crippen LogP contribution in [0.2, 0.25) is 0 Å². The van der Waals surface area contributed by atoms with Gasteiger partial charge < -0.3 is 19.7 Å². The number of carbonyl (C=O) groups is 1. The fraction of sp³-hybridized carbons (Fsp3) is 0.222. The highest BCUT2D eigenvalue weighted by atomic mass is 16.5. The van der Waals surface area contributed by atoms with Gasteiger partial charge in [-0.05, 0) is 54.3 Å². The number of para-hydroxylation sites is 1. The predicted octanol–water partition coefficient (Wildman–Crippen LogP) is 5.46. The molecule has 4 rings (SSSR count). The quantitative estimate of drug-likeness (QED) is 0.484. The number of amides is 1. The topological polar surface area (TPSA) is 50.8 Å². The standard InChI is InChI=1S/C27H28N2O3/c1-19(2)18-32-24-14-13-21(17-25(24)31-3)26-28-23-12-8-7-11-22(23)27(30)29(26)16-15-20-9-5-4-6-10-20/h4-14,17,26,28H,1,15-16,18H2,2-3H3. The molecular formula is C27H28N2O3. The molecule has 1 aliphatic heterocycles. The van der Waals surface area contributed by atoms with Gasteiger partial charge in [0.1, 0.15) is 12.8 Å². The van der Waals surface area contributed by atoms with E-state index in [1.165, 1.54) is 5.56 Å². The maximum absolute atomic E-state index is 13.4. The van der Waals surface area contributed by atoms with Gasteiger partial charge in [0.25, 0.3) is 5.91 Å². The average molecular weight is 429 g/mol. The molecule has 0 bridgehead atoms. The molecule has 32 heavy (non-hydrogen) atoms. The van der Waals surface area contributed by atoms with Gasteiger partial charge in [-0.3, -0.25) is 4.79 Å². The molecule has 0 spiro atoms. The Hall–Kier alpha value is -3.73. The molecule has 0 aliphatic carbocycles. The predicted molar refractivity (Wildman–Crippen MR) is 127 cm³/mol. The van der Waals surface area contributed by atoms with Crippen LogP contribution in [0.3, 0.4) is 0 Å². The zero-order valence-corrected chi connectivity index (χ0v) is 18.5. The van der Waals surface area contributed by atoms with Gasteiger partial charge in [-0.25, -0.2) is 0 Å². The van der Waals surface area contributed by atoms with Crippen molar-refractivity contribution in [2.24, 2.45) is 0 Å². The lowest BCUT2D eigenvalue weighted by Crippen LogP contribution is -2.44. The minimum Gasteiger partial charge on any atom is -0.493 e. The van der Waals surface area contributed by atoms with Gasteiger partial charge in [-0.2, -0.15) is 0 Å². The summed E-state index contributed by atoms with van der Waals surface area (Å²) in [7, 11) is 1.62. The minimum atomic E-state index is -0.315. The molecule has 3 aromatic rings. The number of rotatable bonds is 8. The van der Waals surface area contributed by atoms with Gasteiger partial charge in [-0.15, -0.1) is 0 Å². The molecule has 1 N–H and O–H groups in total. The average Bonchev–Trinajstić information content (AvgIpc) is 2.82. The van der Waals surface area contributed by atoms with Crippen LogP contribution in [0.25, 0.3) is 0 Å². The maximum Gasteiger partial charge on any atom is 0.257 e. The second kappa shape index (κ2) is 9.60. The van der Waals surface area contributed by atoms with Gasteiger partial charge in [0.2, 0.25) is 0 Å². The highest BCUT2D eigenvalue weighted by molar-refractivity contribution is 6.01. The maximum atomic E-state index is 13.4. The van der Waals surface area contributed by atoms with Crippen LogP contribution in [0.4, 0.5) is 5.69 Å². The molecule has 0 saturated carbocycles. The Labute approximate surface area is 189 Å². The van der Waals surface area contributed by atoms with E-state index in [9.17, 15) is 4.79 Å². The van der Waals surface area contributed by atoms with Crippen LogP contribution in [0.15, 0.2) is 84.9 Å². The minimum absolute atomic E-state index is 0.0156. The Kier molecular flexibility index (Phi) is 6.45. The van der Waals surface area contributed by atoms with E-state index in [1.54, 1.807) is 7.11 Å². The second-order valence-corrected chi connectivity index (χ2v) is 7.98. The normalized spacial score (nSPS) is 15.0. The van der Waals surface area contributed by atoms with E-state index < -0.39 is 0 Å². The first-order valence-electron chi connectivity index (χ1n) is 10.7. The molecule has 0 fully saturated rings. The molecule has 5 nitrogen and oxygen atoms in total. The molecule has 0 radical (unpaired) electrons. The summed E-state index contributed by atoms with van der Waals surface area (Å²) >= 11 is 0. The summed E-state index contributed by atoms with van der Waals surface area (Å²) in [6.07, 6.45) is 0.453. The van der Waals surface area contributed by atoms with Gasteiger partial charge in [0.05, 0.1) is 12.7 Å². The zero-order valence-electron chi connectivity index (χ0n) is 18.5. The Morgan fingerprint density at radius 3 is 2.53 bits per heavy atom. The Morgan fingerprint density at radius 2 is 1.78 bits per heavy atom. The van der Waals surface area contributed by atoms with Gasteiger partial charge in [0.15, 0.2) is 11.5 Å². The Bertz CT molecular complexity index is 1110. The van der Waals surface area contributed by atoms with Crippen LogP contribution in [-0.4, -0.2) is 31.1 Å². The molecule has 1 unspecified atom stereocenters. The first kappa shape index (κ1) is 21.5. The summed E-state index contributed by atoms with van der Waals surface area (Å²) in [5.41, 5.74) is 4.57. The third-order valence-electron chi connectivity index (χ3n) is 5.48.